The van der Waals surface area contributed by atoms with E-state index in [0.717, 1.165) is 0 Å². The number of sulfone groups is 1. The minimum atomic E-state index is -3.74. The molecular formula is C22H16Cl2N2O3S. The maximum absolute atomic E-state index is 13.2. The average Bonchev–Trinajstić information content (AvgIpc) is 3.11. The van der Waals surface area contributed by atoms with Gasteiger partial charge in [0.1, 0.15) is 6.54 Å². The first-order valence-corrected chi connectivity index (χ1v) is 11.2. The van der Waals surface area contributed by atoms with Gasteiger partial charge in [0.15, 0.2) is 0 Å². The molecule has 0 atom stereocenters. The van der Waals surface area contributed by atoms with Gasteiger partial charge < -0.3 is 9.88 Å². The molecule has 0 aliphatic rings. The maximum Gasteiger partial charge on any atom is 0.244 e. The molecule has 0 bridgehead atoms. The van der Waals surface area contributed by atoms with Crippen molar-refractivity contribution in [3.63, 3.8) is 0 Å². The van der Waals surface area contributed by atoms with Gasteiger partial charge in [-0.3, -0.25) is 4.79 Å². The Morgan fingerprint density at radius 3 is 2.40 bits per heavy atom. The highest BCUT2D eigenvalue weighted by Gasteiger charge is 2.23. The molecule has 1 N–H and O–H groups in total. The summed E-state index contributed by atoms with van der Waals surface area (Å²) in [6.07, 6.45) is 1.49. The third-order valence-corrected chi connectivity index (χ3v) is 6.97. The zero-order valence-corrected chi connectivity index (χ0v) is 17.9. The Morgan fingerprint density at radius 2 is 1.63 bits per heavy atom. The van der Waals surface area contributed by atoms with E-state index in [4.69, 9.17) is 23.2 Å². The van der Waals surface area contributed by atoms with Gasteiger partial charge in [0.2, 0.25) is 15.7 Å². The highest BCUT2D eigenvalue weighted by Crippen LogP contribution is 2.30. The number of nitrogens with zero attached hydrogens (tertiary/aromatic N) is 1. The van der Waals surface area contributed by atoms with E-state index in [1.807, 2.05) is 0 Å². The zero-order chi connectivity index (χ0) is 21.3. The van der Waals surface area contributed by atoms with Crippen LogP contribution in [-0.2, 0) is 21.2 Å². The number of halogens is 2. The van der Waals surface area contributed by atoms with Gasteiger partial charge in [-0.25, -0.2) is 8.42 Å². The molecule has 0 spiro atoms. The summed E-state index contributed by atoms with van der Waals surface area (Å²) in [4.78, 5) is 13.0. The fraction of sp³-hybridized carbons (Fsp3) is 0.0455. The van der Waals surface area contributed by atoms with Crippen molar-refractivity contribution in [2.24, 2.45) is 0 Å². The van der Waals surface area contributed by atoms with Crippen molar-refractivity contribution in [2.45, 2.75) is 16.3 Å². The number of nitrogens with one attached hydrogen (secondary N) is 1. The summed E-state index contributed by atoms with van der Waals surface area (Å²) in [7, 11) is -3.74. The van der Waals surface area contributed by atoms with Crippen molar-refractivity contribution in [3.8, 4) is 0 Å². The molecule has 0 saturated carbocycles. The number of amides is 1. The minimum absolute atomic E-state index is 0.0896. The summed E-state index contributed by atoms with van der Waals surface area (Å²) in [6, 6.07) is 20.1. The third kappa shape index (κ3) is 3.94. The molecule has 5 nitrogen and oxygen atoms in total. The number of hydrogen-bond donors (Lipinski definition) is 1. The SMILES string of the molecule is O=C(Cn1cc(S(=O)(=O)c2ccccc2)c2ccccc21)Nc1cc(Cl)ccc1Cl. The topological polar surface area (TPSA) is 68.2 Å². The summed E-state index contributed by atoms with van der Waals surface area (Å²) >= 11 is 12.1. The van der Waals surface area contributed by atoms with Crippen LogP contribution in [0.5, 0.6) is 0 Å². The number of fused-ring (bicyclic) bond motifs is 1. The summed E-state index contributed by atoms with van der Waals surface area (Å²) in [5.74, 6) is -0.358. The van der Waals surface area contributed by atoms with E-state index in [-0.39, 0.29) is 22.2 Å². The van der Waals surface area contributed by atoms with Crippen LogP contribution in [0.25, 0.3) is 10.9 Å². The van der Waals surface area contributed by atoms with Crippen LogP contribution < -0.4 is 5.32 Å². The Labute approximate surface area is 183 Å². The van der Waals surface area contributed by atoms with Gasteiger partial charge in [-0.15, -0.1) is 0 Å². The molecule has 4 aromatic rings. The number of hydrogen-bond acceptors (Lipinski definition) is 3. The first-order valence-electron chi connectivity index (χ1n) is 8.99. The fourth-order valence-electron chi connectivity index (χ4n) is 3.22. The van der Waals surface area contributed by atoms with Crippen molar-refractivity contribution in [2.75, 3.05) is 5.32 Å². The zero-order valence-electron chi connectivity index (χ0n) is 15.5. The Morgan fingerprint density at radius 1 is 0.933 bits per heavy atom. The van der Waals surface area contributed by atoms with Gasteiger partial charge in [-0.05, 0) is 36.4 Å². The summed E-state index contributed by atoms with van der Waals surface area (Å²) in [5, 5.41) is 4.07. The number of para-hydroxylation sites is 1. The Kier molecular flexibility index (Phi) is 5.56. The predicted molar refractivity (Wildman–Crippen MR) is 119 cm³/mol. The molecule has 3 aromatic carbocycles. The van der Waals surface area contributed by atoms with Crippen molar-refractivity contribution in [3.05, 3.63) is 89.0 Å². The van der Waals surface area contributed by atoms with Crippen LogP contribution in [-0.4, -0.2) is 18.9 Å². The fourth-order valence-corrected chi connectivity index (χ4v) is 5.06. The van der Waals surface area contributed by atoms with E-state index in [2.05, 4.69) is 5.32 Å². The van der Waals surface area contributed by atoms with Gasteiger partial charge in [-0.1, -0.05) is 59.6 Å². The number of benzene rings is 3. The Bertz CT molecular complexity index is 1350. The predicted octanol–water partition coefficient (Wildman–Crippen LogP) is 5.42. The summed E-state index contributed by atoms with van der Waals surface area (Å²) in [5.41, 5.74) is 1.03. The molecule has 0 aliphatic carbocycles. The number of rotatable bonds is 5. The van der Waals surface area contributed by atoms with Crippen LogP contribution in [0.3, 0.4) is 0 Å². The summed E-state index contributed by atoms with van der Waals surface area (Å²) < 4.78 is 28.0. The van der Waals surface area contributed by atoms with Crippen molar-refractivity contribution in [1.29, 1.82) is 0 Å². The van der Waals surface area contributed by atoms with Crippen molar-refractivity contribution < 1.29 is 13.2 Å². The van der Waals surface area contributed by atoms with E-state index < -0.39 is 9.84 Å². The number of anilines is 1. The molecule has 30 heavy (non-hydrogen) atoms. The van der Waals surface area contributed by atoms with E-state index in [1.54, 1.807) is 77.4 Å². The van der Waals surface area contributed by atoms with E-state index in [1.165, 1.54) is 6.20 Å². The van der Waals surface area contributed by atoms with Crippen molar-refractivity contribution >= 4 is 55.5 Å². The van der Waals surface area contributed by atoms with Gasteiger partial charge >= 0.3 is 0 Å². The molecule has 1 amide bonds. The molecule has 0 saturated heterocycles. The second-order valence-corrected chi connectivity index (χ2v) is 9.39. The number of aromatic nitrogens is 1. The molecular weight excluding hydrogens is 443 g/mol. The molecule has 4 rings (SSSR count). The van der Waals surface area contributed by atoms with Gasteiger partial charge in [0.05, 0.1) is 20.5 Å². The second-order valence-electron chi connectivity index (χ2n) is 6.63. The van der Waals surface area contributed by atoms with Crippen LogP contribution >= 0.6 is 23.2 Å². The number of carbonyl (C=O) groups is 1. The van der Waals surface area contributed by atoms with Crippen LogP contribution in [0.1, 0.15) is 0 Å². The first kappa shape index (κ1) is 20.5. The molecule has 152 valence electrons. The maximum atomic E-state index is 13.2. The van der Waals surface area contributed by atoms with Gasteiger partial charge in [0, 0.05) is 22.1 Å². The smallest absolute Gasteiger partial charge is 0.244 e. The highest BCUT2D eigenvalue weighted by atomic mass is 35.5. The lowest BCUT2D eigenvalue weighted by Gasteiger charge is -2.09. The lowest BCUT2D eigenvalue weighted by atomic mass is 10.2. The molecule has 8 heteroatoms. The van der Waals surface area contributed by atoms with Crippen LogP contribution in [0, 0.1) is 0 Å². The standard InChI is InChI=1S/C22H16Cl2N2O3S/c23-15-10-11-18(24)19(12-15)25-22(27)14-26-13-21(17-8-4-5-9-20(17)26)30(28,29)16-6-2-1-3-7-16/h1-13H,14H2,(H,25,27). The molecule has 0 aliphatic heterocycles. The quantitative estimate of drug-likeness (QED) is 0.434. The normalized spacial score (nSPS) is 11.5. The molecule has 0 unspecified atom stereocenters. The molecule has 1 heterocycles. The molecule has 0 radical (unpaired) electrons. The van der Waals surface area contributed by atoms with Crippen molar-refractivity contribution in [1.82, 2.24) is 4.57 Å². The summed E-state index contributed by atoms with van der Waals surface area (Å²) in [6.45, 7) is -0.0896. The average molecular weight is 459 g/mol. The monoisotopic (exact) mass is 458 g/mol. The minimum Gasteiger partial charge on any atom is -0.337 e. The van der Waals surface area contributed by atoms with Crippen LogP contribution in [0.2, 0.25) is 10.0 Å². The Hall–Kier alpha value is -2.80. The van der Waals surface area contributed by atoms with Crippen LogP contribution in [0.4, 0.5) is 5.69 Å². The third-order valence-electron chi connectivity index (χ3n) is 4.61. The highest BCUT2D eigenvalue weighted by molar-refractivity contribution is 7.91. The van der Waals surface area contributed by atoms with E-state index >= 15 is 0 Å². The lowest BCUT2D eigenvalue weighted by Crippen LogP contribution is -2.18. The van der Waals surface area contributed by atoms with Gasteiger partial charge in [-0.2, -0.15) is 0 Å². The van der Waals surface area contributed by atoms with E-state index in [9.17, 15) is 13.2 Å². The first-order chi connectivity index (χ1) is 14.4. The number of carbonyl (C=O) groups excluding carboxylic acids is 1. The van der Waals surface area contributed by atoms with Crippen LogP contribution in [0.15, 0.2) is 88.8 Å². The largest absolute Gasteiger partial charge is 0.337 e. The van der Waals surface area contributed by atoms with E-state index in [0.29, 0.717) is 26.6 Å². The molecule has 0 fully saturated rings. The lowest BCUT2D eigenvalue weighted by molar-refractivity contribution is -0.116. The second kappa shape index (κ2) is 8.14. The molecule has 1 aromatic heterocycles. The Balaban J connectivity index is 1.71. The van der Waals surface area contributed by atoms with Gasteiger partial charge in [0.25, 0.3) is 0 Å².